The monoisotopic (exact) mass is 394 g/mol. The van der Waals surface area contributed by atoms with Crippen LogP contribution in [0.1, 0.15) is 34.0 Å². The van der Waals surface area contributed by atoms with E-state index in [4.69, 9.17) is 14.2 Å². The summed E-state index contributed by atoms with van der Waals surface area (Å²) in [4.78, 5) is 12.4. The molecule has 1 aromatic carbocycles. The molecule has 0 saturated heterocycles. The van der Waals surface area contributed by atoms with E-state index in [0.29, 0.717) is 30.9 Å². The number of methoxy groups -OCH3 is 1. The van der Waals surface area contributed by atoms with Gasteiger partial charge in [0.05, 0.1) is 13.7 Å². The Kier molecular flexibility index (Phi) is 6.92. The highest BCUT2D eigenvalue weighted by Crippen LogP contribution is 2.43. The topological polar surface area (TPSA) is 44.8 Å². The van der Waals surface area contributed by atoms with Gasteiger partial charge in [0.15, 0.2) is 0 Å². The molecule has 1 aromatic rings. The molecule has 0 aliphatic carbocycles. The van der Waals surface area contributed by atoms with Gasteiger partial charge in [-0.25, -0.2) is 4.79 Å². The van der Waals surface area contributed by atoms with Gasteiger partial charge in [-0.15, -0.1) is 9.24 Å². The first kappa shape index (κ1) is 21.0. The highest BCUT2D eigenvalue weighted by Gasteiger charge is 2.33. The van der Waals surface area contributed by atoms with E-state index in [0.717, 1.165) is 34.6 Å². The minimum absolute atomic E-state index is 0.290. The molecule has 2 rings (SSSR count). The molecular weight excluding hydrogens is 363 g/mol. The molecule has 0 bridgehead atoms. The van der Waals surface area contributed by atoms with E-state index in [-0.39, 0.29) is 5.97 Å². The molecule has 0 amide bonds. The van der Waals surface area contributed by atoms with Crippen molar-refractivity contribution in [3.63, 3.8) is 0 Å². The first-order valence-corrected chi connectivity index (χ1v) is 13.6. The van der Waals surface area contributed by atoms with Gasteiger partial charge < -0.3 is 14.2 Å². The molecule has 1 unspecified atom stereocenters. The molecule has 26 heavy (non-hydrogen) atoms. The van der Waals surface area contributed by atoms with Gasteiger partial charge in [-0.3, -0.25) is 0 Å². The first-order chi connectivity index (χ1) is 12.2. The van der Waals surface area contributed by atoms with Gasteiger partial charge in [0.1, 0.15) is 23.7 Å². The second kappa shape index (κ2) is 8.58. The molecular formula is C20H31O4PSi. The fourth-order valence-electron chi connectivity index (χ4n) is 2.99. The lowest BCUT2D eigenvalue weighted by molar-refractivity contribution is 0.0532. The predicted molar refractivity (Wildman–Crippen MR) is 113 cm³/mol. The Morgan fingerprint density at radius 2 is 2.00 bits per heavy atom. The number of carbonyl (C=O) groups is 1. The summed E-state index contributed by atoms with van der Waals surface area (Å²) in [6, 6.07) is 1.03. The van der Waals surface area contributed by atoms with Crippen LogP contribution < -0.4 is 9.47 Å². The molecule has 0 fully saturated rings. The maximum atomic E-state index is 12.4. The van der Waals surface area contributed by atoms with Gasteiger partial charge >= 0.3 is 5.97 Å². The summed E-state index contributed by atoms with van der Waals surface area (Å²) in [5, 5.41) is 0. The summed E-state index contributed by atoms with van der Waals surface area (Å²) in [5.41, 5.74) is 4.66. The molecule has 0 spiro atoms. The molecule has 6 heteroatoms. The van der Waals surface area contributed by atoms with E-state index < -0.39 is 8.07 Å². The fourth-order valence-corrected chi connectivity index (χ4v) is 3.87. The number of hydrogen-bond acceptors (Lipinski definition) is 4. The summed E-state index contributed by atoms with van der Waals surface area (Å²) in [6.07, 6.45) is 3.76. The van der Waals surface area contributed by atoms with Crippen molar-refractivity contribution in [3.05, 3.63) is 33.9 Å². The van der Waals surface area contributed by atoms with Crippen LogP contribution in [0.2, 0.25) is 25.7 Å². The van der Waals surface area contributed by atoms with Gasteiger partial charge in [-0.05, 0) is 38.0 Å². The smallest absolute Gasteiger partial charge is 0.342 e. The van der Waals surface area contributed by atoms with Gasteiger partial charge in [0.2, 0.25) is 0 Å². The summed E-state index contributed by atoms with van der Waals surface area (Å²) in [7, 11) is 3.18. The number of cyclic esters (lactones) is 1. The third-order valence-electron chi connectivity index (χ3n) is 4.70. The normalized spacial score (nSPS) is 14.3. The molecule has 0 N–H and O–H groups in total. The van der Waals surface area contributed by atoms with E-state index in [1.54, 1.807) is 7.11 Å². The van der Waals surface area contributed by atoms with Crippen molar-refractivity contribution >= 4 is 23.3 Å². The zero-order valence-corrected chi connectivity index (χ0v) is 19.0. The predicted octanol–water partition coefficient (Wildman–Crippen LogP) is 4.75. The maximum absolute atomic E-state index is 12.4. The molecule has 1 heterocycles. The molecule has 1 aliphatic heterocycles. The lowest BCUT2D eigenvalue weighted by Gasteiger charge is -2.21. The molecule has 1 atom stereocenters. The Balaban J connectivity index is 2.53. The van der Waals surface area contributed by atoms with Crippen LogP contribution in [0.3, 0.4) is 0 Å². The Morgan fingerprint density at radius 1 is 1.31 bits per heavy atom. The Morgan fingerprint density at radius 3 is 2.58 bits per heavy atom. The van der Waals surface area contributed by atoms with Crippen LogP contribution in [0.5, 0.6) is 11.5 Å². The van der Waals surface area contributed by atoms with E-state index in [9.17, 15) is 4.79 Å². The largest absolute Gasteiger partial charge is 0.496 e. The molecule has 1 aliphatic rings. The van der Waals surface area contributed by atoms with E-state index in [1.807, 2.05) is 6.92 Å². The van der Waals surface area contributed by atoms with Gasteiger partial charge in [-0.1, -0.05) is 31.3 Å². The molecule has 144 valence electrons. The van der Waals surface area contributed by atoms with Crippen molar-refractivity contribution < 1.29 is 19.0 Å². The number of hydrogen-bond donors (Lipinski definition) is 0. The van der Waals surface area contributed by atoms with Crippen LogP contribution in [0.25, 0.3) is 0 Å². The number of rotatable bonds is 8. The zero-order chi connectivity index (χ0) is 19.5. The number of esters is 1. The van der Waals surface area contributed by atoms with Crippen molar-refractivity contribution in [2.45, 2.75) is 52.6 Å². The van der Waals surface area contributed by atoms with Crippen molar-refractivity contribution in [2.75, 3.05) is 19.9 Å². The Labute approximate surface area is 160 Å². The zero-order valence-electron chi connectivity index (χ0n) is 16.8. The van der Waals surface area contributed by atoms with Crippen molar-refractivity contribution in [2.24, 2.45) is 0 Å². The maximum Gasteiger partial charge on any atom is 0.342 e. The van der Waals surface area contributed by atoms with Crippen LogP contribution in [-0.4, -0.2) is 33.9 Å². The quantitative estimate of drug-likeness (QED) is 0.276. The fraction of sp³-hybridized carbons (Fsp3) is 0.550. The van der Waals surface area contributed by atoms with Crippen molar-refractivity contribution in [3.8, 4) is 11.5 Å². The number of ether oxygens (including phenoxy) is 3. The average Bonchev–Trinajstić information content (AvgIpc) is 2.96. The molecule has 0 aromatic heterocycles. The second-order valence-electron chi connectivity index (χ2n) is 8.01. The minimum atomic E-state index is -1.23. The minimum Gasteiger partial charge on any atom is -0.496 e. The third kappa shape index (κ3) is 4.69. The lowest BCUT2D eigenvalue weighted by Crippen LogP contribution is -2.23. The summed E-state index contributed by atoms with van der Waals surface area (Å²) >= 11 is 0. The van der Waals surface area contributed by atoms with Gasteiger partial charge in [0, 0.05) is 19.2 Å². The number of fused-ring (bicyclic) bond motifs is 1. The van der Waals surface area contributed by atoms with Crippen LogP contribution in [0, 0.1) is 6.92 Å². The number of allylic oxidation sites excluding steroid dienone is 2. The molecule has 0 saturated carbocycles. The Hall–Kier alpha value is -1.32. The summed E-state index contributed by atoms with van der Waals surface area (Å²) in [5.74, 6) is 1.16. The van der Waals surface area contributed by atoms with Crippen LogP contribution in [0.15, 0.2) is 11.6 Å². The number of benzene rings is 1. The molecule has 4 nitrogen and oxygen atoms in total. The van der Waals surface area contributed by atoms with Crippen LogP contribution in [-0.2, 0) is 17.8 Å². The van der Waals surface area contributed by atoms with Gasteiger partial charge in [0.25, 0.3) is 0 Å². The van der Waals surface area contributed by atoms with Crippen molar-refractivity contribution in [1.82, 2.24) is 0 Å². The first-order valence-electron chi connectivity index (χ1n) is 9.07. The third-order valence-corrected chi connectivity index (χ3v) is 7.05. The highest BCUT2D eigenvalue weighted by atomic mass is 31.0. The Bertz CT molecular complexity index is 720. The van der Waals surface area contributed by atoms with E-state index >= 15 is 0 Å². The standard InChI is InChI=1S/C20H31O4PSi/c1-13(12-25)7-8-15-18(22-3)14(2)16-11-24-20(21)17(16)19(15)23-9-10-26(4,5)6/h7H,8-12,25H2,1-6H3/b13-7+. The summed E-state index contributed by atoms with van der Waals surface area (Å²) in [6.45, 7) is 11.9. The van der Waals surface area contributed by atoms with E-state index in [2.05, 4.69) is 41.9 Å². The molecule has 0 radical (unpaired) electrons. The summed E-state index contributed by atoms with van der Waals surface area (Å²) < 4.78 is 17.2. The lowest BCUT2D eigenvalue weighted by atomic mass is 9.95. The number of carbonyl (C=O) groups excluding carboxylic acids is 1. The van der Waals surface area contributed by atoms with Gasteiger partial charge in [-0.2, -0.15) is 0 Å². The SMILES string of the molecule is COc1c(C)c2c(c(OCC[Si](C)(C)C)c1C/C=C(\C)CP)C(=O)OC2. The van der Waals surface area contributed by atoms with E-state index in [1.165, 1.54) is 5.57 Å². The van der Waals surface area contributed by atoms with Crippen LogP contribution in [0.4, 0.5) is 0 Å². The second-order valence-corrected chi connectivity index (χ2v) is 14.0. The van der Waals surface area contributed by atoms with Crippen LogP contribution >= 0.6 is 9.24 Å². The van der Waals surface area contributed by atoms with Crippen molar-refractivity contribution in [1.29, 1.82) is 0 Å². The highest BCUT2D eigenvalue weighted by molar-refractivity contribution is 7.16. The average molecular weight is 395 g/mol.